The Balaban J connectivity index is 1.69. The first-order valence-electron chi connectivity index (χ1n) is 6.57. The van der Waals surface area contributed by atoms with Crippen LogP contribution in [0.1, 0.15) is 25.2 Å². The molecule has 1 aliphatic rings. The molecule has 1 atom stereocenters. The molecular formula is C14H17BrN2O. The summed E-state index contributed by atoms with van der Waals surface area (Å²) < 4.78 is 6.80. The van der Waals surface area contributed by atoms with Gasteiger partial charge in [-0.3, -0.25) is 0 Å². The number of rotatable bonds is 3. The molecule has 1 saturated heterocycles. The number of oxazole rings is 1. The number of aromatic nitrogens is 1. The SMILES string of the molecule is Brc1cccc2nc(CCC3CCCNC3)oc12. The molecule has 4 heteroatoms. The van der Waals surface area contributed by atoms with E-state index in [0.717, 1.165) is 46.8 Å². The van der Waals surface area contributed by atoms with Crippen molar-refractivity contribution in [3.8, 4) is 0 Å². The Bertz CT molecular complexity index is 532. The van der Waals surface area contributed by atoms with Crippen LogP contribution in [-0.4, -0.2) is 18.1 Å². The Morgan fingerprint density at radius 3 is 3.17 bits per heavy atom. The summed E-state index contributed by atoms with van der Waals surface area (Å²) in [5, 5.41) is 3.45. The van der Waals surface area contributed by atoms with Crippen molar-refractivity contribution < 1.29 is 4.42 Å². The van der Waals surface area contributed by atoms with Gasteiger partial charge < -0.3 is 9.73 Å². The van der Waals surface area contributed by atoms with Crippen molar-refractivity contribution in [1.82, 2.24) is 10.3 Å². The maximum absolute atomic E-state index is 5.81. The largest absolute Gasteiger partial charge is 0.440 e. The lowest BCUT2D eigenvalue weighted by Crippen LogP contribution is -2.29. The molecule has 96 valence electrons. The van der Waals surface area contributed by atoms with Gasteiger partial charge in [0.05, 0.1) is 4.47 Å². The van der Waals surface area contributed by atoms with Gasteiger partial charge in [-0.2, -0.15) is 0 Å². The van der Waals surface area contributed by atoms with Crippen molar-refractivity contribution in [1.29, 1.82) is 0 Å². The molecule has 3 rings (SSSR count). The quantitative estimate of drug-likeness (QED) is 0.942. The second-order valence-corrected chi connectivity index (χ2v) is 5.80. The van der Waals surface area contributed by atoms with Crippen LogP contribution in [0.2, 0.25) is 0 Å². The first kappa shape index (κ1) is 12.2. The van der Waals surface area contributed by atoms with Crippen molar-refractivity contribution in [3.63, 3.8) is 0 Å². The Morgan fingerprint density at radius 1 is 1.44 bits per heavy atom. The molecule has 0 amide bonds. The third-order valence-corrected chi connectivity index (χ3v) is 4.20. The third kappa shape index (κ3) is 2.59. The van der Waals surface area contributed by atoms with Crippen molar-refractivity contribution in [2.24, 2.45) is 5.92 Å². The van der Waals surface area contributed by atoms with Crippen LogP contribution in [0.4, 0.5) is 0 Å². The van der Waals surface area contributed by atoms with E-state index >= 15 is 0 Å². The molecule has 1 fully saturated rings. The van der Waals surface area contributed by atoms with Crippen LogP contribution < -0.4 is 5.32 Å². The van der Waals surface area contributed by atoms with Crippen LogP contribution in [0.25, 0.3) is 11.1 Å². The highest BCUT2D eigenvalue weighted by molar-refractivity contribution is 9.10. The molecule has 0 aliphatic carbocycles. The predicted molar refractivity (Wildman–Crippen MR) is 75.6 cm³/mol. The van der Waals surface area contributed by atoms with E-state index in [1.54, 1.807) is 0 Å². The standard InChI is InChI=1S/C14H17BrN2O/c15-11-4-1-5-12-14(11)18-13(17-12)7-6-10-3-2-8-16-9-10/h1,4-5,10,16H,2-3,6-9H2. The molecule has 18 heavy (non-hydrogen) atoms. The fourth-order valence-corrected chi connectivity index (χ4v) is 3.00. The number of fused-ring (bicyclic) bond motifs is 1. The molecule has 1 aromatic carbocycles. The number of halogens is 1. The van der Waals surface area contributed by atoms with E-state index in [1.807, 2.05) is 18.2 Å². The van der Waals surface area contributed by atoms with Crippen molar-refractivity contribution in [3.05, 3.63) is 28.6 Å². The van der Waals surface area contributed by atoms with Crippen LogP contribution in [0.5, 0.6) is 0 Å². The van der Waals surface area contributed by atoms with Gasteiger partial charge in [-0.15, -0.1) is 0 Å². The van der Waals surface area contributed by atoms with E-state index in [-0.39, 0.29) is 0 Å². The second-order valence-electron chi connectivity index (χ2n) is 4.95. The third-order valence-electron chi connectivity index (χ3n) is 3.58. The van der Waals surface area contributed by atoms with E-state index in [0.29, 0.717) is 0 Å². The van der Waals surface area contributed by atoms with E-state index in [9.17, 15) is 0 Å². The smallest absolute Gasteiger partial charge is 0.195 e. The molecule has 0 saturated carbocycles. The monoisotopic (exact) mass is 308 g/mol. The van der Waals surface area contributed by atoms with Gasteiger partial charge in [-0.1, -0.05) is 6.07 Å². The highest BCUT2D eigenvalue weighted by Crippen LogP contribution is 2.25. The summed E-state index contributed by atoms with van der Waals surface area (Å²) in [4.78, 5) is 4.54. The molecule has 1 aromatic heterocycles. The van der Waals surface area contributed by atoms with Gasteiger partial charge in [-0.05, 0) is 66.3 Å². The van der Waals surface area contributed by atoms with E-state index < -0.39 is 0 Å². The Hall–Kier alpha value is -0.870. The van der Waals surface area contributed by atoms with Crippen molar-refractivity contribution >= 4 is 27.0 Å². The van der Waals surface area contributed by atoms with Crippen LogP contribution in [0.15, 0.2) is 27.1 Å². The van der Waals surface area contributed by atoms with Crippen molar-refractivity contribution in [2.75, 3.05) is 13.1 Å². The highest BCUT2D eigenvalue weighted by atomic mass is 79.9. The summed E-state index contributed by atoms with van der Waals surface area (Å²) in [6.45, 7) is 2.32. The van der Waals surface area contributed by atoms with Gasteiger partial charge in [0, 0.05) is 6.42 Å². The zero-order valence-corrected chi connectivity index (χ0v) is 11.9. The first-order chi connectivity index (χ1) is 8.83. The molecule has 1 aliphatic heterocycles. The van der Waals surface area contributed by atoms with E-state index in [1.165, 1.54) is 19.4 Å². The number of aryl methyl sites for hydroxylation is 1. The summed E-state index contributed by atoms with van der Waals surface area (Å²) in [6.07, 6.45) is 4.73. The normalized spacial score (nSPS) is 20.4. The van der Waals surface area contributed by atoms with Crippen molar-refractivity contribution in [2.45, 2.75) is 25.7 Å². The highest BCUT2D eigenvalue weighted by Gasteiger charge is 2.15. The number of para-hydroxylation sites is 1. The average Bonchev–Trinajstić information content (AvgIpc) is 2.82. The summed E-state index contributed by atoms with van der Waals surface area (Å²) in [6, 6.07) is 5.97. The lowest BCUT2D eigenvalue weighted by molar-refractivity contribution is 0.347. The maximum atomic E-state index is 5.81. The summed E-state index contributed by atoms with van der Waals surface area (Å²) in [5.74, 6) is 1.64. The van der Waals surface area contributed by atoms with Crippen LogP contribution >= 0.6 is 15.9 Å². The summed E-state index contributed by atoms with van der Waals surface area (Å²) in [7, 11) is 0. The Labute approximate surface area is 115 Å². The number of piperidine rings is 1. The minimum atomic E-state index is 0.775. The maximum Gasteiger partial charge on any atom is 0.195 e. The number of benzene rings is 1. The van der Waals surface area contributed by atoms with Crippen LogP contribution in [0.3, 0.4) is 0 Å². The van der Waals surface area contributed by atoms with Gasteiger partial charge >= 0.3 is 0 Å². The zero-order valence-electron chi connectivity index (χ0n) is 10.3. The summed E-state index contributed by atoms with van der Waals surface area (Å²) >= 11 is 3.49. The number of hydrogen-bond acceptors (Lipinski definition) is 3. The van der Waals surface area contributed by atoms with Gasteiger partial charge in [-0.25, -0.2) is 4.98 Å². The molecule has 0 radical (unpaired) electrons. The van der Waals surface area contributed by atoms with Gasteiger partial charge in [0.15, 0.2) is 11.5 Å². The lowest BCUT2D eigenvalue weighted by atomic mass is 9.95. The zero-order chi connectivity index (χ0) is 12.4. The predicted octanol–water partition coefficient (Wildman–Crippen LogP) is 3.52. The van der Waals surface area contributed by atoms with Gasteiger partial charge in [0.2, 0.25) is 0 Å². The Morgan fingerprint density at radius 2 is 2.39 bits per heavy atom. The fraction of sp³-hybridized carbons (Fsp3) is 0.500. The second kappa shape index (κ2) is 5.41. The average molecular weight is 309 g/mol. The Kier molecular flexibility index (Phi) is 3.66. The topological polar surface area (TPSA) is 38.1 Å². The van der Waals surface area contributed by atoms with Gasteiger partial charge in [0.1, 0.15) is 5.52 Å². The molecule has 2 aromatic rings. The fourth-order valence-electron chi connectivity index (χ4n) is 2.57. The minimum absolute atomic E-state index is 0.775. The molecule has 0 spiro atoms. The minimum Gasteiger partial charge on any atom is -0.440 e. The molecule has 0 bridgehead atoms. The number of hydrogen-bond donors (Lipinski definition) is 1. The molecule has 1 N–H and O–H groups in total. The number of nitrogens with zero attached hydrogens (tertiary/aromatic N) is 1. The first-order valence-corrected chi connectivity index (χ1v) is 7.37. The molecule has 3 nitrogen and oxygen atoms in total. The van der Waals surface area contributed by atoms with E-state index in [4.69, 9.17) is 4.42 Å². The number of nitrogens with one attached hydrogen (secondary N) is 1. The molecule has 2 heterocycles. The van der Waals surface area contributed by atoms with Crippen LogP contribution in [-0.2, 0) is 6.42 Å². The molecule has 1 unspecified atom stereocenters. The molecular weight excluding hydrogens is 292 g/mol. The van der Waals surface area contributed by atoms with Gasteiger partial charge in [0.25, 0.3) is 0 Å². The van der Waals surface area contributed by atoms with Crippen LogP contribution in [0, 0.1) is 5.92 Å². The summed E-state index contributed by atoms with van der Waals surface area (Å²) in [5.41, 5.74) is 1.82. The van der Waals surface area contributed by atoms with E-state index in [2.05, 4.69) is 26.2 Å². The lowest BCUT2D eigenvalue weighted by Gasteiger charge is -2.21.